The monoisotopic (exact) mass is 406 g/mol. The topological polar surface area (TPSA) is 67.4 Å². The fourth-order valence-corrected chi connectivity index (χ4v) is 2.29. The summed E-state index contributed by atoms with van der Waals surface area (Å²) >= 11 is 11.7. The molecule has 0 atom stereocenters. The first-order valence-electron chi connectivity index (χ1n) is 7.01. The molecule has 26 heavy (non-hydrogen) atoms. The zero-order valence-electron chi connectivity index (χ0n) is 12.9. The van der Waals surface area contributed by atoms with Crippen LogP contribution in [0.15, 0.2) is 42.5 Å². The molecule has 0 aliphatic carbocycles. The number of amides is 3. The first-order valence-corrected chi connectivity index (χ1v) is 7.77. The molecule has 2 N–H and O–H groups in total. The first-order chi connectivity index (χ1) is 12.2. The SMILES string of the molecule is O=C(NC(=O)c1ccccc1Cl)Nc1ccc(OCC(F)(F)F)c(Cl)c1. The van der Waals surface area contributed by atoms with Gasteiger partial charge in [-0.15, -0.1) is 0 Å². The lowest BCUT2D eigenvalue weighted by Gasteiger charge is -2.12. The molecule has 0 radical (unpaired) electrons. The molecule has 2 aromatic carbocycles. The van der Waals surface area contributed by atoms with E-state index in [1.54, 1.807) is 12.1 Å². The summed E-state index contributed by atoms with van der Waals surface area (Å²) in [5.41, 5.74) is 0.261. The molecule has 138 valence electrons. The maximum absolute atomic E-state index is 12.1. The van der Waals surface area contributed by atoms with E-state index in [0.29, 0.717) is 0 Å². The number of carbonyl (C=O) groups is 2. The first kappa shape index (κ1) is 19.9. The summed E-state index contributed by atoms with van der Waals surface area (Å²) in [4.78, 5) is 23.8. The van der Waals surface area contributed by atoms with Gasteiger partial charge in [0.05, 0.1) is 15.6 Å². The summed E-state index contributed by atoms with van der Waals surface area (Å²) in [7, 11) is 0. The lowest BCUT2D eigenvalue weighted by Crippen LogP contribution is -2.34. The van der Waals surface area contributed by atoms with Crippen LogP contribution >= 0.6 is 23.2 Å². The number of hydrogen-bond donors (Lipinski definition) is 2. The quantitative estimate of drug-likeness (QED) is 0.758. The lowest BCUT2D eigenvalue weighted by molar-refractivity contribution is -0.153. The smallest absolute Gasteiger partial charge is 0.422 e. The van der Waals surface area contributed by atoms with Crippen LogP contribution in [-0.4, -0.2) is 24.7 Å². The third-order valence-electron chi connectivity index (χ3n) is 2.93. The second-order valence-electron chi connectivity index (χ2n) is 4.94. The molecule has 0 spiro atoms. The molecule has 3 amide bonds. The number of nitrogens with one attached hydrogen (secondary N) is 2. The molecular formula is C16H11Cl2F3N2O3. The van der Waals surface area contributed by atoms with Crippen LogP contribution in [0.5, 0.6) is 5.75 Å². The van der Waals surface area contributed by atoms with Gasteiger partial charge in [-0.2, -0.15) is 13.2 Å². The third kappa shape index (κ3) is 5.82. The minimum absolute atomic E-state index is 0.109. The Bertz CT molecular complexity index is 829. The standard InChI is InChI=1S/C16H11Cl2F3N2O3/c17-11-4-2-1-3-10(11)14(24)23-15(25)22-9-5-6-13(12(18)7-9)26-8-16(19,20)21/h1-7H,8H2,(H2,22,23,24,25). The Morgan fingerprint density at radius 3 is 2.35 bits per heavy atom. The Kier molecular flexibility index (Phi) is 6.33. The third-order valence-corrected chi connectivity index (χ3v) is 3.55. The molecule has 0 bridgehead atoms. The second-order valence-corrected chi connectivity index (χ2v) is 5.75. The van der Waals surface area contributed by atoms with E-state index in [1.165, 1.54) is 30.3 Å². The van der Waals surface area contributed by atoms with Gasteiger partial charge in [0.2, 0.25) is 0 Å². The molecule has 0 aliphatic rings. The molecule has 0 aromatic heterocycles. The van der Waals surface area contributed by atoms with Gasteiger partial charge < -0.3 is 10.1 Å². The van der Waals surface area contributed by atoms with Gasteiger partial charge in [0.15, 0.2) is 6.61 Å². The molecule has 2 aromatic rings. The zero-order chi connectivity index (χ0) is 19.3. The number of rotatable bonds is 4. The molecule has 10 heteroatoms. The highest BCUT2D eigenvalue weighted by Crippen LogP contribution is 2.29. The molecule has 0 fully saturated rings. The highest BCUT2D eigenvalue weighted by atomic mass is 35.5. The van der Waals surface area contributed by atoms with Crippen molar-refractivity contribution in [2.24, 2.45) is 0 Å². The number of imide groups is 1. The number of halogens is 5. The van der Waals surface area contributed by atoms with Gasteiger partial charge in [0.25, 0.3) is 5.91 Å². The number of ether oxygens (including phenoxy) is 1. The molecule has 2 rings (SSSR count). The van der Waals surface area contributed by atoms with Crippen LogP contribution in [0.4, 0.5) is 23.7 Å². The van der Waals surface area contributed by atoms with Crippen LogP contribution in [0.25, 0.3) is 0 Å². The van der Waals surface area contributed by atoms with Crippen LogP contribution in [0.1, 0.15) is 10.4 Å². The highest BCUT2D eigenvalue weighted by molar-refractivity contribution is 6.34. The van der Waals surface area contributed by atoms with Crippen molar-refractivity contribution in [2.45, 2.75) is 6.18 Å². The van der Waals surface area contributed by atoms with Crippen molar-refractivity contribution >= 4 is 40.8 Å². The van der Waals surface area contributed by atoms with Crippen molar-refractivity contribution in [1.29, 1.82) is 0 Å². The van der Waals surface area contributed by atoms with Crippen molar-refractivity contribution in [2.75, 3.05) is 11.9 Å². The summed E-state index contributed by atoms with van der Waals surface area (Å²) in [6.07, 6.45) is -4.50. The average Bonchev–Trinajstić information content (AvgIpc) is 2.53. The predicted molar refractivity (Wildman–Crippen MR) is 90.9 cm³/mol. The van der Waals surface area contributed by atoms with E-state index in [2.05, 4.69) is 15.4 Å². The molecular weight excluding hydrogens is 396 g/mol. The zero-order valence-corrected chi connectivity index (χ0v) is 14.4. The van der Waals surface area contributed by atoms with E-state index in [9.17, 15) is 22.8 Å². The van der Waals surface area contributed by atoms with Crippen LogP contribution in [0, 0.1) is 0 Å². The van der Waals surface area contributed by atoms with E-state index in [4.69, 9.17) is 23.2 Å². The summed E-state index contributed by atoms with van der Waals surface area (Å²) < 4.78 is 41.0. The molecule has 0 saturated carbocycles. The summed E-state index contributed by atoms with van der Waals surface area (Å²) in [5.74, 6) is -0.911. The normalized spacial score (nSPS) is 11.0. The Balaban J connectivity index is 1.98. The van der Waals surface area contributed by atoms with E-state index in [1.807, 2.05) is 0 Å². The Labute approximate surface area is 156 Å². The lowest BCUT2D eigenvalue weighted by atomic mass is 10.2. The fourth-order valence-electron chi connectivity index (χ4n) is 1.83. The minimum atomic E-state index is -4.50. The fraction of sp³-hybridized carbons (Fsp3) is 0.125. The number of alkyl halides is 3. The van der Waals surface area contributed by atoms with Crippen molar-refractivity contribution in [3.8, 4) is 5.75 Å². The van der Waals surface area contributed by atoms with Gasteiger partial charge >= 0.3 is 12.2 Å². The van der Waals surface area contributed by atoms with Gasteiger partial charge in [-0.1, -0.05) is 35.3 Å². The summed E-state index contributed by atoms with van der Waals surface area (Å²) in [6.45, 7) is -1.49. The number of benzene rings is 2. The molecule has 0 heterocycles. The summed E-state index contributed by atoms with van der Waals surface area (Å²) in [5, 5.41) is 4.43. The molecule has 0 saturated heterocycles. The van der Waals surface area contributed by atoms with Crippen LogP contribution in [-0.2, 0) is 0 Å². The predicted octanol–water partition coefficient (Wildman–Crippen LogP) is 4.90. The summed E-state index contributed by atoms with van der Waals surface area (Å²) in [6, 6.07) is 8.91. The Hall–Kier alpha value is -2.45. The Morgan fingerprint density at radius 2 is 1.73 bits per heavy atom. The second kappa shape index (κ2) is 8.29. The van der Waals surface area contributed by atoms with E-state index in [0.717, 1.165) is 0 Å². The van der Waals surface area contributed by atoms with Crippen LogP contribution in [0.3, 0.4) is 0 Å². The van der Waals surface area contributed by atoms with E-state index >= 15 is 0 Å². The van der Waals surface area contributed by atoms with Gasteiger partial charge in [0.1, 0.15) is 5.75 Å². The van der Waals surface area contributed by atoms with Gasteiger partial charge in [-0.25, -0.2) is 4.79 Å². The molecule has 0 aliphatic heterocycles. The van der Waals surface area contributed by atoms with Crippen molar-refractivity contribution in [3.63, 3.8) is 0 Å². The Morgan fingerprint density at radius 1 is 1.04 bits per heavy atom. The number of anilines is 1. The number of urea groups is 1. The van der Waals surface area contributed by atoms with Crippen LogP contribution < -0.4 is 15.4 Å². The van der Waals surface area contributed by atoms with Gasteiger partial charge in [-0.3, -0.25) is 10.1 Å². The van der Waals surface area contributed by atoms with E-state index < -0.39 is 24.7 Å². The van der Waals surface area contributed by atoms with Crippen molar-refractivity contribution < 1.29 is 27.5 Å². The maximum Gasteiger partial charge on any atom is 0.422 e. The van der Waals surface area contributed by atoms with Gasteiger partial charge in [0, 0.05) is 5.69 Å². The van der Waals surface area contributed by atoms with Crippen LogP contribution in [0.2, 0.25) is 10.0 Å². The van der Waals surface area contributed by atoms with Crippen molar-refractivity contribution in [1.82, 2.24) is 5.32 Å². The average molecular weight is 407 g/mol. The largest absolute Gasteiger partial charge is 0.483 e. The highest BCUT2D eigenvalue weighted by Gasteiger charge is 2.28. The van der Waals surface area contributed by atoms with E-state index in [-0.39, 0.29) is 27.0 Å². The number of hydrogen-bond acceptors (Lipinski definition) is 3. The van der Waals surface area contributed by atoms with Crippen molar-refractivity contribution in [3.05, 3.63) is 58.1 Å². The minimum Gasteiger partial charge on any atom is -0.483 e. The van der Waals surface area contributed by atoms with Gasteiger partial charge in [-0.05, 0) is 30.3 Å². The number of carbonyl (C=O) groups excluding carboxylic acids is 2. The maximum atomic E-state index is 12.1. The molecule has 0 unspecified atom stereocenters. The molecule has 5 nitrogen and oxygen atoms in total.